The van der Waals surface area contributed by atoms with E-state index >= 15 is 0 Å². The van der Waals surface area contributed by atoms with Gasteiger partial charge in [-0.05, 0) is 12.0 Å². The first kappa shape index (κ1) is 14.4. The van der Waals surface area contributed by atoms with Crippen LogP contribution >= 0.6 is 0 Å². The summed E-state index contributed by atoms with van der Waals surface area (Å²) in [6.45, 7) is -0.237. The van der Waals surface area contributed by atoms with Gasteiger partial charge in [0.15, 0.2) is 0 Å². The molecule has 0 spiro atoms. The van der Waals surface area contributed by atoms with Crippen LogP contribution in [0.4, 0.5) is 13.2 Å². The van der Waals surface area contributed by atoms with Gasteiger partial charge in [0, 0.05) is 12.5 Å². The number of amides is 1. The predicted octanol–water partition coefficient (Wildman–Crippen LogP) is 2.02. The lowest BCUT2D eigenvalue weighted by molar-refractivity contribution is -0.188. The number of benzene rings is 1. The van der Waals surface area contributed by atoms with Crippen LogP contribution in [0.25, 0.3) is 0 Å². The Hall–Kier alpha value is -2.05. The maximum atomic E-state index is 12.5. The van der Waals surface area contributed by atoms with Crippen molar-refractivity contribution < 1.29 is 27.9 Å². The van der Waals surface area contributed by atoms with Crippen LogP contribution in [-0.4, -0.2) is 40.6 Å². The Morgan fingerprint density at radius 1 is 1.20 bits per heavy atom. The van der Waals surface area contributed by atoms with Gasteiger partial charge < -0.3 is 10.0 Å². The highest BCUT2D eigenvalue weighted by Gasteiger charge is 2.50. The number of carboxylic acids is 1. The Labute approximate surface area is 112 Å². The first-order valence-corrected chi connectivity index (χ1v) is 5.96. The zero-order valence-corrected chi connectivity index (χ0v) is 10.3. The second-order valence-corrected chi connectivity index (χ2v) is 4.65. The number of nitrogens with zero attached hydrogens (tertiary/aromatic N) is 1. The van der Waals surface area contributed by atoms with Crippen molar-refractivity contribution in [3.05, 3.63) is 35.9 Å². The molecule has 1 aliphatic rings. The maximum Gasteiger partial charge on any atom is 0.471 e. The molecule has 0 radical (unpaired) electrons. The van der Waals surface area contributed by atoms with Crippen molar-refractivity contribution >= 4 is 11.9 Å². The standard InChI is InChI=1S/C13H12F3NO3/c14-13(15,16)12(20)17-7-9(6-10(17)11(18)19)8-4-2-1-3-5-8/h1-5,9-10H,6-7H2,(H,18,19)/t9-,10+/m1/s1. The highest BCUT2D eigenvalue weighted by Crippen LogP contribution is 2.34. The van der Waals surface area contributed by atoms with Crippen LogP contribution in [0.2, 0.25) is 0 Å². The van der Waals surface area contributed by atoms with E-state index in [0.29, 0.717) is 4.90 Å². The molecule has 0 unspecified atom stereocenters. The lowest BCUT2D eigenvalue weighted by Gasteiger charge is -2.22. The average molecular weight is 287 g/mol. The fourth-order valence-corrected chi connectivity index (χ4v) is 2.42. The summed E-state index contributed by atoms with van der Waals surface area (Å²) < 4.78 is 37.4. The van der Waals surface area contributed by atoms with Gasteiger partial charge >= 0.3 is 18.1 Å². The van der Waals surface area contributed by atoms with Crippen molar-refractivity contribution in [2.24, 2.45) is 0 Å². The zero-order valence-electron chi connectivity index (χ0n) is 10.3. The highest BCUT2D eigenvalue weighted by atomic mass is 19.4. The van der Waals surface area contributed by atoms with Crippen LogP contribution in [0.3, 0.4) is 0 Å². The van der Waals surface area contributed by atoms with Gasteiger partial charge in [0.25, 0.3) is 0 Å². The molecule has 0 saturated carbocycles. The van der Waals surface area contributed by atoms with E-state index in [2.05, 4.69) is 0 Å². The van der Waals surface area contributed by atoms with Crippen molar-refractivity contribution in [2.75, 3.05) is 6.54 Å². The molecule has 0 aromatic heterocycles. The first-order chi connectivity index (χ1) is 9.30. The summed E-state index contributed by atoms with van der Waals surface area (Å²) >= 11 is 0. The smallest absolute Gasteiger partial charge is 0.471 e. The average Bonchev–Trinajstić information content (AvgIpc) is 2.82. The van der Waals surface area contributed by atoms with Gasteiger partial charge in [-0.1, -0.05) is 30.3 Å². The quantitative estimate of drug-likeness (QED) is 0.905. The summed E-state index contributed by atoms with van der Waals surface area (Å²) in [5.41, 5.74) is 0.733. The number of carbonyl (C=O) groups is 2. The molecule has 7 heteroatoms. The SMILES string of the molecule is O=C(O)[C@@H]1C[C@@H](c2ccccc2)CN1C(=O)C(F)(F)F. The Morgan fingerprint density at radius 3 is 2.30 bits per heavy atom. The number of halogens is 3. The predicted molar refractivity (Wildman–Crippen MR) is 63.0 cm³/mol. The van der Waals surface area contributed by atoms with E-state index in [1.165, 1.54) is 0 Å². The van der Waals surface area contributed by atoms with Crippen LogP contribution in [0.1, 0.15) is 17.9 Å². The molecule has 1 aromatic rings. The van der Waals surface area contributed by atoms with E-state index in [9.17, 15) is 22.8 Å². The van der Waals surface area contributed by atoms with E-state index in [1.54, 1.807) is 30.3 Å². The third kappa shape index (κ3) is 2.76. The van der Waals surface area contributed by atoms with Crippen molar-refractivity contribution in [1.82, 2.24) is 4.90 Å². The van der Waals surface area contributed by atoms with Crippen LogP contribution in [0.15, 0.2) is 30.3 Å². The molecule has 20 heavy (non-hydrogen) atoms. The summed E-state index contributed by atoms with van der Waals surface area (Å²) in [4.78, 5) is 22.8. The van der Waals surface area contributed by atoms with Gasteiger partial charge in [0.2, 0.25) is 0 Å². The first-order valence-electron chi connectivity index (χ1n) is 5.96. The molecule has 0 bridgehead atoms. The summed E-state index contributed by atoms with van der Waals surface area (Å²) in [6.07, 6.45) is -5.07. The molecule has 1 N–H and O–H groups in total. The minimum absolute atomic E-state index is 0.0127. The van der Waals surface area contributed by atoms with E-state index in [1.807, 2.05) is 0 Å². The summed E-state index contributed by atoms with van der Waals surface area (Å²) in [5.74, 6) is -3.91. The third-order valence-corrected chi connectivity index (χ3v) is 3.36. The summed E-state index contributed by atoms with van der Waals surface area (Å²) in [6, 6.07) is 7.19. The molecule has 1 saturated heterocycles. The number of alkyl halides is 3. The van der Waals surface area contributed by atoms with Crippen LogP contribution in [0, 0.1) is 0 Å². The van der Waals surface area contributed by atoms with Crippen molar-refractivity contribution in [2.45, 2.75) is 24.6 Å². The van der Waals surface area contributed by atoms with Gasteiger partial charge in [-0.15, -0.1) is 0 Å². The van der Waals surface area contributed by atoms with Crippen LogP contribution in [0.5, 0.6) is 0 Å². The number of likely N-dealkylation sites (tertiary alicyclic amines) is 1. The fraction of sp³-hybridized carbons (Fsp3) is 0.385. The number of rotatable bonds is 2. The van der Waals surface area contributed by atoms with E-state index in [4.69, 9.17) is 5.11 Å². The van der Waals surface area contributed by atoms with Crippen molar-refractivity contribution in [3.8, 4) is 0 Å². The van der Waals surface area contributed by atoms with Gasteiger partial charge in [-0.25, -0.2) is 4.79 Å². The minimum atomic E-state index is -5.06. The highest BCUT2D eigenvalue weighted by molar-refractivity contribution is 5.87. The van der Waals surface area contributed by atoms with Gasteiger partial charge in [0.05, 0.1) is 0 Å². The second-order valence-electron chi connectivity index (χ2n) is 4.65. The number of hydrogen-bond donors (Lipinski definition) is 1. The molecule has 1 aromatic carbocycles. The number of carbonyl (C=O) groups excluding carboxylic acids is 1. The molecular formula is C13H12F3NO3. The Bertz CT molecular complexity index is 515. The van der Waals surface area contributed by atoms with E-state index in [-0.39, 0.29) is 13.0 Å². The second kappa shape index (κ2) is 5.15. The topological polar surface area (TPSA) is 57.6 Å². The fourth-order valence-electron chi connectivity index (χ4n) is 2.42. The van der Waals surface area contributed by atoms with Crippen LogP contribution in [-0.2, 0) is 9.59 Å². The summed E-state index contributed by atoms with van der Waals surface area (Å²) in [7, 11) is 0. The molecule has 2 atom stereocenters. The lowest BCUT2D eigenvalue weighted by atomic mass is 9.96. The molecule has 1 fully saturated rings. The normalized spacial score (nSPS) is 22.9. The number of aliphatic carboxylic acids is 1. The molecule has 4 nitrogen and oxygen atoms in total. The van der Waals surface area contributed by atoms with E-state index < -0.39 is 30.0 Å². The third-order valence-electron chi connectivity index (χ3n) is 3.36. The monoisotopic (exact) mass is 287 g/mol. The summed E-state index contributed by atoms with van der Waals surface area (Å²) in [5, 5.41) is 9.00. The Balaban J connectivity index is 2.24. The van der Waals surface area contributed by atoms with Crippen molar-refractivity contribution in [1.29, 1.82) is 0 Å². The van der Waals surface area contributed by atoms with Gasteiger partial charge in [0.1, 0.15) is 6.04 Å². The minimum Gasteiger partial charge on any atom is -0.480 e. The molecule has 108 valence electrons. The van der Waals surface area contributed by atoms with Gasteiger partial charge in [-0.2, -0.15) is 13.2 Å². The van der Waals surface area contributed by atoms with E-state index in [0.717, 1.165) is 5.56 Å². The number of carboxylic acid groups (broad SMARTS) is 1. The molecule has 1 aliphatic heterocycles. The van der Waals surface area contributed by atoms with Gasteiger partial charge in [-0.3, -0.25) is 4.79 Å². The molecule has 1 amide bonds. The molecule has 0 aliphatic carbocycles. The Kier molecular flexibility index (Phi) is 3.69. The molecule has 2 rings (SSSR count). The zero-order chi connectivity index (χ0) is 14.9. The molecular weight excluding hydrogens is 275 g/mol. The largest absolute Gasteiger partial charge is 0.480 e. The Morgan fingerprint density at radius 2 is 1.80 bits per heavy atom. The lowest BCUT2D eigenvalue weighted by Crippen LogP contribution is -2.46. The van der Waals surface area contributed by atoms with Crippen molar-refractivity contribution in [3.63, 3.8) is 0 Å². The van der Waals surface area contributed by atoms with Crippen LogP contribution < -0.4 is 0 Å². The molecule has 1 heterocycles. The maximum absolute atomic E-state index is 12.5. The number of hydrogen-bond acceptors (Lipinski definition) is 2.